The number of rotatable bonds is 12. The summed E-state index contributed by atoms with van der Waals surface area (Å²) in [7, 11) is 1.67. The quantitative estimate of drug-likeness (QED) is 0.290. The molecule has 1 aliphatic carbocycles. The van der Waals surface area contributed by atoms with Crippen LogP contribution in [0.4, 0.5) is 4.79 Å². The first kappa shape index (κ1) is 24.1. The number of nitrogens with one attached hydrogen (secondary N) is 1. The second-order valence-electron chi connectivity index (χ2n) is 8.51. The highest BCUT2D eigenvalue weighted by Crippen LogP contribution is 2.49. The number of methoxy groups -OCH3 is 1. The molecule has 2 rings (SSSR count). The fourth-order valence-electron chi connectivity index (χ4n) is 4.26. The summed E-state index contributed by atoms with van der Waals surface area (Å²) >= 11 is 0. The molecule has 1 saturated carbocycles. The van der Waals surface area contributed by atoms with Gasteiger partial charge in [-0.25, -0.2) is 4.79 Å². The van der Waals surface area contributed by atoms with Crippen LogP contribution in [-0.4, -0.2) is 63.4 Å². The Morgan fingerprint density at radius 3 is 2.66 bits per heavy atom. The van der Waals surface area contributed by atoms with E-state index < -0.39 is 0 Å². The molecule has 1 heterocycles. The minimum atomic E-state index is -0.375. The van der Waals surface area contributed by atoms with Gasteiger partial charge in [-0.3, -0.25) is 0 Å². The monoisotopic (exact) mass is 412 g/mol. The lowest BCUT2D eigenvalue weighted by atomic mass is 9.73. The molecule has 3 N–H and O–H groups in total. The molecule has 0 radical (unpaired) electrons. The van der Waals surface area contributed by atoms with Crippen molar-refractivity contribution in [3.05, 3.63) is 11.6 Å². The normalized spacial score (nSPS) is 29.3. The topological polar surface area (TPSA) is 95.3 Å². The molecule has 5 atom stereocenters. The van der Waals surface area contributed by atoms with Crippen molar-refractivity contribution in [2.24, 2.45) is 11.7 Å². The maximum Gasteiger partial charge on any atom is 0.407 e. The van der Waals surface area contributed by atoms with Crippen LogP contribution in [0.1, 0.15) is 59.3 Å². The van der Waals surface area contributed by atoms with Gasteiger partial charge >= 0.3 is 6.09 Å². The van der Waals surface area contributed by atoms with Gasteiger partial charge in [-0.15, -0.1) is 0 Å². The fourth-order valence-corrected chi connectivity index (χ4v) is 4.26. The first-order chi connectivity index (χ1) is 13.9. The van der Waals surface area contributed by atoms with Crippen molar-refractivity contribution in [3.8, 4) is 0 Å². The van der Waals surface area contributed by atoms with Crippen LogP contribution in [0.15, 0.2) is 11.6 Å². The number of amides is 1. The number of unbranched alkanes of at least 4 members (excludes halogenated alkanes) is 3. The van der Waals surface area contributed by atoms with E-state index in [1.54, 1.807) is 7.11 Å². The number of hydrogen-bond acceptors (Lipinski definition) is 6. The van der Waals surface area contributed by atoms with Crippen molar-refractivity contribution >= 4 is 6.09 Å². The summed E-state index contributed by atoms with van der Waals surface area (Å²) in [6.07, 6.45) is 6.79. The zero-order valence-corrected chi connectivity index (χ0v) is 18.6. The highest BCUT2D eigenvalue weighted by atomic mass is 16.6. The van der Waals surface area contributed by atoms with E-state index in [-0.39, 0.29) is 35.9 Å². The Labute approximate surface area is 175 Å². The van der Waals surface area contributed by atoms with Gasteiger partial charge < -0.3 is 30.0 Å². The Kier molecular flexibility index (Phi) is 9.89. The van der Waals surface area contributed by atoms with Gasteiger partial charge in [0, 0.05) is 19.6 Å². The molecular formula is C22H40N2O5. The van der Waals surface area contributed by atoms with Gasteiger partial charge in [0.05, 0.1) is 24.9 Å². The third-order valence-corrected chi connectivity index (χ3v) is 5.98. The molecular weight excluding hydrogens is 372 g/mol. The molecule has 0 aromatic carbocycles. The molecule has 0 aromatic rings. The molecule has 168 valence electrons. The Morgan fingerprint density at radius 1 is 1.31 bits per heavy atom. The number of epoxide rings is 1. The summed E-state index contributed by atoms with van der Waals surface area (Å²) in [6.45, 7) is 8.78. The van der Waals surface area contributed by atoms with Crippen LogP contribution in [0.3, 0.4) is 0 Å². The average molecular weight is 413 g/mol. The molecule has 0 bridgehead atoms. The van der Waals surface area contributed by atoms with Crippen molar-refractivity contribution in [1.29, 1.82) is 0 Å². The first-order valence-corrected chi connectivity index (χ1v) is 11.0. The van der Waals surface area contributed by atoms with Crippen molar-refractivity contribution in [2.75, 3.05) is 33.4 Å². The summed E-state index contributed by atoms with van der Waals surface area (Å²) < 4.78 is 23.5. The van der Waals surface area contributed by atoms with E-state index in [0.717, 1.165) is 51.7 Å². The third-order valence-electron chi connectivity index (χ3n) is 5.98. The molecule has 3 unspecified atom stereocenters. The Hall–Kier alpha value is -1.15. The van der Waals surface area contributed by atoms with Gasteiger partial charge in [0.15, 0.2) is 0 Å². The van der Waals surface area contributed by atoms with Crippen LogP contribution in [0.25, 0.3) is 0 Å². The van der Waals surface area contributed by atoms with Gasteiger partial charge in [-0.05, 0) is 53.0 Å². The largest absolute Gasteiger partial charge is 0.443 e. The van der Waals surface area contributed by atoms with E-state index in [0.29, 0.717) is 13.2 Å². The van der Waals surface area contributed by atoms with Gasteiger partial charge in [0.25, 0.3) is 0 Å². The summed E-state index contributed by atoms with van der Waals surface area (Å²) in [5, 5.41) is 2.86. The zero-order chi connectivity index (χ0) is 21.3. The second kappa shape index (κ2) is 11.9. The van der Waals surface area contributed by atoms with Crippen LogP contribution < -0.4 is 11.1 Å². The summed E-state index contributed by atoms with van der Waals surface area (Å²) in [5.41, 5.74) is 6.52. The minimum Gasteiger partial charge on any atom is -0.443 e. The molecule has 1 saturated heterocycles. The van der Waals surface area contributed by atoms with Gasteiger partial charge in [0.2, 0.25) is 0 Å². The maximum absolute atomic E-state index is 12.3. The highest BCUT2D eigenvalue weighted by molar-refractivity contribution is 5.67. The molecule has 1 amide bonds. The predicted molar refractivity (Wildman–Crippen MR) is 113 cm³/mol. The fraction of sp³-hybridized carbons (Fsp3) is 0.864. The zero-order valence-electron chi connectivity index (χ0n) is 18.6. The number of carbonyl (C=O) groups excluding carboxylic acids is 1. The van der Waals surface area contributed by atoms with E-state index in [2.05, 4.69) is 32.2 Å². The molecule has 1 aliphatic heterocycles. The summed E-state index contributed by atoms with van der Waals surface area (Å²) in [4.78, 5) is 12.3. The summed E-state index contributed by atoms with van der Waals surface area (Å²) in [6, 6.07) is 0. The molecule has 2 aliphatic rings. The van der Waals surface area contributed by atoms with Gasteiger partial charge in [0.1, 0.15) is 12.2 Å². The van der Waals surface area contributed by atoms with Crippen LogP contribution in [0, 0.1) is 5.92 Å². The number of allylic oxidation sites excluding steroid dienone is 1. The van der Waals surface area contributed by atoms with E-state index >= 15 is 0 Å². The smallest absolute Gasteiger partial charge is 0.407 e. The van der Waals surface area contributed by atoms with E-state index in [1.165, 1.54) is 5.57 Å². The van der Waals surface area contributed by atoms with Crippen molar-refractivity contribution < 1.29 is 23.7 Å². The Morgan fingerprint density at radius 2 is 2.03 bits per heavy atom. The van der Waals surface area contributed by atoms with Gasteiger partial charge in [-0.1, -0.05) is 24.5 Å². The van der Waals surface area contributed by atoms with Crippen LogP contribution in [0.5, 0.6) is 0 Å². The molecule has 2 fully saturated rings. The first-order valence-electron chi connectivity index (χ1n) is 11.0. The predicted octanol–water partition coefficient (Wildman–Crippen LogP) is 3.17. The number of carbonyl (C=O) groups is 1. The number of nitrogens with two attached hydrogens (primary N) is 1. The lowest BCUT2D eigenvalue weighted by Gasteiger charge is -2.42. The van der Waals surface area contributed by atoms with E-state index in [9.17, 15) is 4.79 Å². The standard InChI is InChI=1S/C22H40N2O5/c1-16(2)10-14-27-17(3)19-20(26-4)18(9-11-22(19)15-28-22)29-21(25)24-13-8-6-5-7-12-23/h10,17-20H,5-9,11-15,23H2,1-4H3,(H,24,25)/t17-,18?,19?,20?,22-/m0/s1. The molecule has 29 heavy (non-hydrogen) atoms. The lowest BCUT2D eigenvalue weighted by molar-refractivity contribution is -0.137. The molecule has 1 spiro atoms. The van der Waals surface area contributed by atoms with Crippen molar-refractivity contribution in [2.45, 2.75) is 83.2 Å². The van der Waals surface area contributed by atoms with Crippen LogP contribution in [0.2, 0.25) is 0 Å². The maximum atomic E-state index is 12.3. The summed E-state index contributed by atoms with van der Waals surface area (Å²) in [5.74, 6) is 0.0286. The van der Waals surface area contributed by atoms with Crippen LogP contribution >= 0.6 is 0 Å². The molecule has 0 aromatic heterocycles. The van der Waals surface area contributed by atoms with Gasteiger partial charge in [-0.2, -0.15) is 0 Å². The molecule has 7 nitrogen and oxygen atoms in total. The highest BCUT2D eigenvalue weighted by Gasteiger charge is 2.61. The second-order valence-corrected chi connectivity index (χ2v) is 8.51. The SMILES string of the molecule is COC1C(OC(=O)NCCCCCCN)CC[C@]2(CO2)C1[C@H](C)OCC=C(C)C. The minimum absolute atomic E-state index is 0.0286. The number of alkyl carbamates (subject to hydrolysis) is 1. The third kappa shape index (κ3) is 7.24. The van der Waals surface area contributed by atoms with E-state index in [1.807, 2.05) is 0 Å². The average Bonchev–Trinajstić information content (AvgIpc) is 3.45. The van der Waals surface area contributed by atoms with Crippen molar-refractivity contribution in [3.63, 3.8) is 0 Å². The number of ether oxygens (including phenoxy) is 4. The lowest BCUT2D eigenvalue weighted by Crippen LogP contribution is -2.54. The Bertz CT molecular complexity index is 531. The van der Waals surface area contributed by atoms with Crippen LogP contribution in [-0.2, 0) is 18.9 Å². The number of hydrogen-bond donors (Lipinski definition) is 2. The van der Waals surface area contributed by atoms with Crippen molar-refractivity contribution in [1.82, 2.24) is 5.32 Å². The van der Waals surface area contributed by atoms with E-state index in [4.69, 9.17) is 24.7 Å². The molecule has 7 heteroatoms. The Balaban J connectivity index is 1.87.